The van der Waals surface area contributed by atoms with Gasteiger partial charge < -0.3 is 10.4 Å². The van der Waals surface area contributed by atoms with Gasteiger partial charge in [0.2, 0.25) is 0 Å². The minimum atomic E-state index is -1.05. The molecule has 1 heterocycles. The first-order valence-electron chi connectivity index (χ1n) is 4.07. The van der Waals surface area contributed by atoms with Crippen LogP contribution in [0.4, 0.5) is 5.82 Å². The first-order valence-corrected chi connectivity index (χ1v) is 4.07. The second-order valence-corrected chi connectivity index (χ2v) is 3.01. The van der Waals surface area contributed by atoms with Crippen LogP contribution in [0.1, 0.15) is 23.3 Å². The Kier molecular flexibility index (Phi) is 1.84. The third-order valence-electron chi connectivity index (χ3n) is 1.80. The molecule has 0 amide bonds. The van der Waals surface area contributed by atoms with E-state index in [4.69, 9.17) is 5.11 Å². The van der Waals surface area contributed by atoms with Crippen molar-refractivity contribution in [2.45, 2.75) is 18.9 Å². The van der Waals surface area contributed by atoms with Gasteiger partial charge in [-0.25, -0.2) is 14.8 Å². The molecule has 2 N–H and O–H groups in total. The second-order valence-electron chi connectivity index (χ2n) is 3.01. The Morgan fingerprint density at radius 3 is 2.69 bits per heavy atom. The number of carboxylic acids is 1. The maximum atomic E-state index is 10.4. The standard InChI is InChI=1S/C8H9N3O2/c12-8(13)6-3-10-7(4-9-6)11-5-1-2-5/h3-5H,1-2H2,(H,10,11)(H,12,13). The number of carbonyl (C=O) groups is 1. The van der Waals surface area contributed by atoms with E-state index in [0.29, 0.717) is 11.9 Å². The van der Waals surface area contributed by atoms with Crippen molar-refractivity contribution >= 4 is 11.8 Å². The van der Waals surface area contributed by atoms with Crippen molar-refractivity contribution in [2.24, 2.45) is 0 Å². The molecule has 1 saturated carbocycles. The third-order valence-corrected chi connectivity index (χ3v) is 1.80. The van der Waals surface area contributed by atoms with Crippen LogP contribution in [0.15, 0.2) is 12.4 Å². The van der Waals surface area contributed by atoms with E-state index in [-0.39, 0.29) is 5.69 Å². The van der Waals surface area contributed by atoms with Crippen molar-refractivity contribution in [3.05, 3.63) is 18.1 Å². The Balaban J connectivity index is 2.08. The Hall–Kier alpha value is -1.65. The van der Waals surface area contributed by atoms with Crippen LogP contribution in [0.5, 0.6) is 0 Å². The number of rotatable bonds is 3. The smallest absolute Gasteiger partial charge is 0.356 e. The Bertz CT molecular complexity index is 319. The van der Waals surface area contributed by atoms with Gasteiger partial charge >= 0.3 is 5.97 Å². The number of aromatic carboxylic acids is 1. The van der Waals surface area contributed by atoms with Crippen LogP contribution in [0.2, 0.25) is 0 Å². The molecule has 0 saturated heterocycles. The van der Waals surface area contributed by atoms with E-state index in [1.54, 1.807) is 0 Å². The molecule has 0 spiro atoms. The fourth-order valence-corrected chi connectivity index (χ4v) is 0.950. The molecule has 0 aliphatic heterocycles. The van der Waals surface area contributed by atoms with E-state index >= 15 is 0 Å². The molecule has 5 heteroatoms. The fraction of sp³-hybridized carbons (Fsp3) is 0.375. The van der Waals surface area contributed by atoms with Gasteiger partial charge in [-0.1, -0.05) is 0 Å². The number of aromatic nitrogens is 2. The largest absolute Gasteiger partial charge is 0.476 e. The van der Waals surface area contributed by atoms with Crippen LogP contribution in [0, 0.1) is 0 Å². The van der Waals surface area contributed by atoms with Gasteiger partial charge in [0.1, 0.15) is 5.82 Å². The summed E-state index contributed by atoms with van der Waals surface area (Å²) in [7, 11) is 0. The molecule has 0 atom stereocenters. The number of hydrogen-bond donors (Lipinski definition) is 2. The van der Waals surface area contributed by atoms with Crippen molar-refractivity contribution in [1.82, 2.24) is 9.97 Å². The molecule has 1 aromatic heterocycles. The zero-order valence-corrected chi connectivity index (χ0v) is 6.90. The highest BCUT2D eigenvalue weighted by molar-refractivity contribution is 5.84. The van der Waals surface area contributed by atoms with Crippen LogP contribution < -0.4 is 5.32 Å². The third kappa shape index (κ3) is 1.93. The predicted octanol–water partition coefficient (Wildman–Crippen LogP) is 0.749. The number of anilines is 1. The molecule has 1 aliphatic carbocycles. The van der Waals surface area contributed by atoms with E-state index in [0.717, 1.165) is 12.8 Å². The molecule has 2 rings (SSSR count). The fourth-order valence-electron chi connectivity index (χ4n) is 0.950. The Labute approximate surface area is 74.8 Å². The van der Waals surface area contributed by atoms with Crippen LogP contribution >= 0.6 is 0 Å². The summed E-state index contributed by atoms with van der Waals surface area (Å²) in [5, 5.41) is 11.7. The summed E-state index contributed by atoms with van der Waals surface area (Å²) in [6, 6.07) is 0.505. The highest BCUT2D eigenvalue weighted by atomic mass is 16.4. The average molecular weight is 179 g/mol. The zero-order valence-electron chi connectivity index (χ0n) is 6.90. The van der Waals surface area contributed by atoms with Gasteiger partial charge in [-0.15, -0.1) is 0 Å². The topological polar surface area (TPSA) is 75.1 Å². The lowest BCUT2D eigenvalue weighted by Gasteiger charge is -2.01. The van der Waals surface area contributed by atoms with Crippen LogP contribution in [-0.2, 0) is 0 Å². The molecule has 68 valence electrons. The predicted molar refractivity (Wildman–Crippen MR) is 45.6 cm³/mol. The number of carboxylic acid groups (broad SMARTS) is 1. The maximum Gasteiger partial charge on any atom is 0.356 e. The summed E-state index contributed by atoms with van der Waals surface area (Å²) < 4.78 is 0. The highest BCUT2D eigenvalue weighted by Crippen LogP contribution is 2.22. The summed E-state index contributed by atoms with van der Waals surface area (Å²) in [6.07, 6.45) is 5.01. The van der Waals surface area contributed by atoms with E-state index in [2.05, 4.69) is 15.3 Å². The molecule has 5 nitrogen and oxygen atoms in total. The first kappa shape index (κ1) is 7.97. The van der Waals surface area contributed by atoms with Crippen LogP contribution in [0.3, 0.4) is 0 Å². The second kappa shape index (κ2) is 3.01. The lowest BCUT2D eigenvalue weighted by molar-refractivity contribution is 0.0690. The minimum absolute atomic E-state index is 0.0265. The van der Waals surface area contributed by atoms with Crippen LogP contribution in [0.25, 0.3) is 0 Å². The maximum absolute atomic E-state index is 10.4. The summed E-state index contributed by atoms with van der Waals surface area (Å²) in [6.45, 7) is 0. The van der Waals surface area contributed by atoms with E-state index in [1.807, 2.05) is 0 Å². The minimum Gasteiger partial charge on any atom is -0.476 e. The summed E-state index contributed by atoms with van der Waals surface area (Å²) >= 11 is 0. The lowest BCUT2D eigenvalue weighted by atomic mass is 10.4. The zero-order chi connectivity index (χ0) is 9.26. The summed E-state index contributed by atoms with van der Waals surface area (Å²) in [4.78, 5) is 18.1. The molecule has 0 bridgehead atoms. The van der Waals surface area contributed by atoms with Gasteiger partial charge in [0, 0.05) is 6.04 Å². The van der Waals surface area contributed by atoms with Gasteiger partial charge in [-0.2, -0.15) is 0 Å². The SMILES string of the molecule is O=C(O)c1cnc(NC2CC2)cn1. The lowest BCUT2D eigenvalue weighted by Crippen LogP contribution is -2.06. The van der Waals surface area contributed by atoms with Gasteiger partial charge in [-0.3, -0.25) is 0 Å². The van der Waals surface area contributed by atoms with Crippen molar-refractivity contribution in [2.75, 3.05) is 5.32 Å². The average Bonchev–Trinajstić information content (AvgIpc) is 2.89. The van der Waals surface area contributed by atoms with Gasteiger partial charge in [0.25, 0.3) is 0 Å². The summed E-state index contributed by atoms with van der Waals surface area (Å²) in [5.74, 6) is -0.405. The van der Waals surface area contributed by atoms with Gasteiger partial charge in [-0.05, 0) is 12.8 Å². The van der Waals surface area contributed by atoms with Crippen molar-refractivity contribution in [1.29, 1.82) is 0 Å². The normalized spacial score (nSPS) is 15.4. The molecule has 0 radical (unpaired) electrons. The van der Waals surface area contributed by atoms with Gasteiger partial charge in [0.15, 0.2) is 5.69 Å². The van der Waals surface area contributed by atoms with Gasteiger partial charge in [0.05, 0.1) is 12.4 Å². The molecule has 13 heavy (non-hydrogen) atoms. The molecule has 1 aromatic rings. The Morgan fingerprint density at radius 2 is 2.23 bits per heavy atom. The molecule has 0 unspecified atom stereocenters. The van der Waals surface area contributed by atoms with Crippen molar-refractivity contribution < 1.29 is 9.90 Å². The summed E-state index contributed by atoms with van der Waals surface area (Å²) in [5.41, 5.74) is -0.0265. The Morgan fingerprint density at radius 1 is 1.46 bits per heavy atom. The molecule has 1 fully saturated rings. The molecular weight excluding hydrogens is 170 g/mol. The van der Waals surface area contributed by atoms with Crippen LogP contribution in [-0.4, -0.2) is 27.1 Å². The highest BCUT2D eigenvalue weighted by Gasteiger charge is 2.21. The number of nitrogens with one attached hydrogen (secondary N) is 1. The molecule has 1 aliphatic rings. The molecule has 0 aromatic carbocycles. The quantitative estimate of drug-likeness (QED) is 0.716. The van der Waals surface area contributed by atoms with E-state index in [9.17, 15) is 4.79 Å². The van der Waals surface area contributed by atoms with E-state index in [1.165, 1.54) is 12.4 Å². The monoisotopic (exact) mass is 179 g/mol. The number of nitrogens with zero attached hydrogens (tertiary/aromatic N) is 2. The first-order chi connectivity index (χ1) is 6.25. The molecular formula is C8H9N3O2. The van der Waals surface area contributed by atoms with E-state index < -0.39 is 5.97 Å². The van der Waals surface area contributed by atoms with Crippen molar-refractivity contribution in [3.8, 4) is 0 Å². The van der Waals surface area contributed by atoms with Crippen molar-refractivity contribution in [3.63, 3.8) is 0 Å². The number of hydrogen-bond acceptors (Lipinski definition) is 4.